The van der Waals surface area contributed by atoms with Gasteiger partial charge in [0.05, 0.1) is 6.04 Å². The summed E-state index contributed by atoms with van der Waals surface area (Å²) in [7, 11) is 0. The molecule has 0 radical (unpaired) electrons. The van der Waals surface area contributed by atoms with Crippen molar-refractivity contribution in [2.24, 2.45) is 0 Å². The van der Waals surface area contributed by atoms with E-state index >= 15 is 0 Å². The number of hydrogen-bond donors (Lipinski definition) is 1. The number of hydrogen-bond acceptors (Lipinski definition) is 2. The summed E-state index contributed by atoms with van der Waals surface area (Å²) in [6.07, 6.45) is 1.10. The van der Waals surface area contributed by atoms with E-state index in [1.54, 1.807) is 0 Å². The average Bonchev–Trinajstić information content (AvgIpc) is 2.86. The third-order valence-electron chi connectivity index (χ3n) is 2.93. The lowest BCUT2D eigenvalue weighted by Gasteiger charge is -2.17. The smallest absolute Gasteiger partial charge is 0.0671 e. The molecule has 3 heteroatoms. The maximum Gasteiger partial charge on any atom is 0.0671 e. The monoisotopic (exact) mass is 279 g/mol. The van der Waals surface area contributed by atoms with E-state index in [1.807, 2.05) is 23.5 Å². The standard InChI is InChI=1S/C15H18ClNS/c1-3-13-9-10-14(18-13)15(17-4-2)11-5-7-12(16)8-6-11/h5-10,15,17H,3-4H2,1-2H3. The van der Waals surface area contributed by atoms with Gasteiger partial charge in [0.25, 0.3) is 0 Å². The van der Waals surface area contributed by atoms with Gasteiger partial charge < -0.3 is 5.32 Å². The van der Waals surface area contributed by atoms with Gasteiger partial charge in [-0.15, -0.1) is 11.3 Å². The summed E-state index contributed by atoms with van der Waals surface area (Å²) in [4.78, 5) is 2.80. The molecule has 1 unspecified atom stereocenters. The second kappa shape index (κ2) is 6.37. The van der Waals surface area contributed by atoms with Crippen LogP contribution in [0.25, 0.3) is 0 Å². The largest absolute Gasteiger partial charge is 0.306 e. The van der Waals surface area contributed by atoms with Crippen molar-refractivity contribution < 1.29 is 0 Å². The zero-order valence-electron chi connectivity index (χ0n) is 10.7. The van der Waals surface area contributed by atoms with Gasteiger partial charge >= 0.3 is 0 Å². The van der Waals surface area contributed by atoms with E-state index in [-0.39, 0.29) is 6.04 Å². The summed E-state index contributed by atoms with van der Waals surface area (Å²) in [6.45, 7) is 5.28. The minimum absolute atomic E-state index is 0.276. The molecule has 96 valence electrons. The number of thiophene rings is 1. The van der Waals surface area contributed by atoms with Gasteiger partial charge in [-0.25, -0.2) is 0 Å². The van der Waals surface area contributed by atoms with Crippen LogP contribution in [0.1, 0.15) is 35.2 Å². The van der Waals surface area contributed by atoms with Crippen molar-refractivity contribution in [2.45, 2.75) is 26.3 Å². The highest BCUT2D eigenvalue weighted by Crippen LogP contribution is 2.29. The highest BCUT2D eigenvalue weighted by Gasteiger charge is 2.14. The van der Waals surface area contributed by atoms with Crippen LogP contribution in [0.15, 0.2) is 36.4 Å². The Hall–Kier alpha value is -0.830. The Morgan fingerprint density at radius 2 is 1.83 bits per heavy atom. The Bertz CT molecular complexity index is 489. The van der Waals surface area contributed by atoms with E-state index < -0.39 is 0 Å². The predicted molar refractivity (Wildman–Crippen MR) is 80.7 cm³/mol. The molecule has 0 aliphatic carbocycles. The summed E-state index contributed by atoms with van der Waals surface area (Å²) < 4.78 is 0. The van der Waals surface area contributed by atoms with Crippen LogP contribution >= 0.6 is 22.9 Å². The topological polar surface area (TPSA) is 12.0 Å². The van der Waals surface area contributed by atoms with Gasteiger partial charge in [-0.3, -0.25) is 0 Å². The Morgan fingerprint density at radius 1 is 1.11 bits per heavy atom. The van der Waals surface area contributed by atoms with Crippen LogP contribution in [0, 0.1) is 0 Å². The molecule has 1 nitrogen and oxygen atoms in total. The van der Waals surface area contributed by atoms with Gasteiger partial charge in [0, 0.05) is 14.8 Å². The van der Waals surface area contributed by atoms with E-state index in [0.717, 1.165) is 18.0 Å². The van der Waals surface area contributed by atoms with Crippen molar-refractivity contribution in [2.75, 3.05) is 6.54 Å². The van der Waals surface area contributed by atoms with Gasteiger partial charge in [-0.05, 0) is 42.8 Å². The lowest BCUT2D eigenvalue weighted by molar-refractivity contribution is 0.640. The normalized spacial score (nSPS) is 12.6. The lowest BCUT2D eigenvalue weighted by atomic mass is 10.1. The molecule has 2 rings (SSSR count). The van der Waals surface area contributed by atoms with Crippen LogP contribution in [-0.2, 0) is 6.42 Å². The second-order valence-corrected chi connectivity index (χ2v) is 5.84. The van der Waals surface area contributed by atoms with E-state index in [2.05, 4.69) is 43.4 Å². The average molecular weight is 280 g/mol. The van der Waals surface area contributed by atoms with Crippen LogP contribution in [0.4, 0.5) is 0 Å². The number of nitrogens with one attached hydrogen (secondary N) is 1. The Morgan fingerprint density at radius 3 is 2.39 bits per heavy atom. The molecule has 1 heterocycles. The maximum atomic E-state index is 5.95. The lowest BCUT2D eigenvalue weighted by Crippen LogP contribution is -2.20. The van der Waals surface area contributed by atoms with Crippen LogP contribution in [0.2, 0.25) is 5.02 Å². The molecule has 0 saturated carbocycles. The molecular formula is C15H18ClNS. The Balaban J connectivity index is 2.29. The summed E-state index contributed by atoms with van der Waals surface area (Å²) in [5.41, 5.74) is 1.27. The third kappa shape index (κ3) is 3.14. The summed E-state index contributed by atoms with van der Waals surface area (Å²) in [6, 6.07) is 12.8. The summed E-state index contributed by atoms with van der Waals surface area (Å²) >= 11 is 7.83. The molecule has 0 aliphatic rings. The molecular weight excluding hydrogens is 262 g/mol. The molecule has 1 N–H and O–H groups in total. The molecule has 0 fully saturated rings. The first kappa shape index (κ1) is 13.6. The first-order valence-corrected chi connectivity index (χ1v) is 7.51. The second-order valence-electron chi connectivity index (χ2n) is 4.20. The number of halogens is 1. The van der Waals surface area contributed by atoms with Crippen molar-refractivity contribution in [3.63, 3.8) is 0 Å². The number of benzene rings is 1. The highest BCUT2D eigenvalue weighted by molar-refractivity contribution is 7.12. The molecule has 0 amide bonds. The van der Waals surface area contributed by atoms with E-state index in [0.29, 0.717) is 0 Å². The molecule has 18 heavy (non-hydrogen) atoms. The van der Waals surface area contributed by atoms with Crippen molar-refractivity contribution in [3.8, 4) is 0 Å². The quantitative estimate of drug-likeness (QED) is 0.839. The first-order chi connectivity index (χ1) is 8.74. The Labute approximate surface area is 118 Å². The molecule has 2 aromatic rings. The Kier molecular flexibility index (Phi) is 4.81. The molecule has 0 saturated heterocycles. The number of aryl methyl sites for hydroxylation is 1. The molecule has 1 aromatic carbocycles. The van der Waals surface area contributed by atoms with Crippen molar-refractivity contribution >= 4 is 22.9 Å². The fourth-order valence-corrected chi connectivity index (χ4v) is 3.16. The molecule has 1 atom stereocenters. The minimum atomic E-state index is 0.276. The van der Waals surface area contributed by atoms with Crippen molar-refractivity contribution in [1.29, 1.82) is 0 Å². The fraction of sp³-hybridized carbons (Fsp3) is 0.333. The van der Waals surface area contributed by atoms with Gasteiger partial charge in [0.15, 0.2) is 0 Å². The molecule has 0 spiro atoms. The van der Waals surface area contributed by atoms with Crippen LogP contribution in [-0.4, -0.2) is 6.54 Å². The van der Waals surface area contributed by atoms with E-state index in [1.165, 1.54) is 15.3 Å². The summed E-state index contributed by atoms with van der Waals surface area (Å²) in [5.74, 6) is 0. The molecule has 0 bridgehead atoms. The van der Waals surface area contributed by atoms with Crippen molar-refractivity contribution in [1.82, 2.24) is 5.32 Å². The molecule has 0 aliphatic heterocycles. The molecule has 1 aromatic heterocycles. The van der Waals surface area contributed by atoms with Gasteiger partial charge in [-0.1, -0.05) is 37.6 Å². The van der Waals surface area contributed by atoms with Gasteiger partial charge in [-0.2, -0.15) is 0 Å². The summed E-state index contributed by atoms with van der Waals surface area (Å²) in [5, 5.41) is 4.33. The predicted octanol–water partition coefficient (Wildman–Crippen LogP) is 4.66. The zero-order valence-corrected chi connectivity index (χ0v) is 12.3. The first-order valence-electron chi connectivity index (χ1n) is 6.32. The van der Waals surface area contributed by atoms with Gasteiger partial charge in [0.2, 0.25) is 0 Å². The number of rotatable bonds is 5. The fourth-order valence-electron chi connectivity index (χ4n) is 1.98. The van der Waals surface area contributed by atoms with Crippen molar-refractivity contribution in [3.05, 3.63) is 56.7 Å². The van der Waals surface area contributed by atoms with E-state index in [9.17, 15) is 0 Å². The van der Waals surface area contributed by atoms with E-state index in [4.69, 9.17) is 11.6 Å². The SMILES string of the molecule is CCNC(c1ccc(Cl)cc1)c1ccc(CC)s1. The third-order valence-corrected chi connectivity index (χ3v) is 4.47. The van der Waals surface area contributed by atoms with Crippen LogP contribution in [0.5, 0.6) is 0 Å². The minimum Gasteiger partial charge on any atom is -0.306 e. The maximum absolute atomic E-state index is 5.95. The highest BCUT2D eigenvalue weighted by atomic mass is 35.5. The zero-order chi connectivity index (χ0) is 13.0. The van der Waals surface area contributed by atoms with Crippen LogP contribution < -0.4 is 5.32 Å². The van der Waals surface area contributed by atoms with Gasteiger partial charge in [0.1, 0.15) is 0 Å². The van der Waals surface area contributed by atoms with Crippen LogP contribution in [0.3, 0.4) is 0 Å².